The van der Waals surface area contributed by atoms with Crippen molar-refractivity contribution in [1.29, 1.82) is 0 Å². The molecule has 0 aromatic carbocycles. The second-order valence-corrected chi connectivity index (χ2v) is 3.65. The Morgan fingerprint density at radius 3 is 2.76 bits per heavy atom. The van der Waals surface area contributed by atoms with Crippen molar-refractivity contribution in [3.63, 3.8) is 0 Å². The van der Waals surface area contributed by atoms with E-state index in [0.29, 0.717) is 12.2 Å². The van der Waals surface area contributed by atoms with Crippen LogP contribution in [0.2, 0.25) is 0 Å². The van der Waals surface area contributed by atoms with Gasteiger partial charge in [0.2, 0.25) is 0 Å². The van der Waals surface area contributed by atoms with E-state index < -0.39 is 5.97 Å². The van der Waals surface area contributed by atoms with Crippen molar-refractivity contribution in [3.05, 3.63) is 47.8 Å². The standard InChI is InChI=1S/C12H13N3O2/c1-9-13-5-6-15(9)8-10-3-4-11(14-7-10)12(16)17-2/h3-7H,8H2,1-2H3. The Bertz CT molecular complexity index is 517. The first-order chi connectivity index (χ1) is 8.20. The molecule has 0 unspecified atom stereocenters. The molecular formula is C12H13N3O2. The SMILES string of the molecule is COC(=O)c1ccc(Cn2ccnc2C)cn1. The minimum absolute atomic E-state index is 0.318. The lowest BCUT2D eigenvalue weighted by Gasteiger charge is -2.05. The summed E-state index contributed by atoms with van der Waals surface area (Å²) < 4.78 is 6.59. The number of carbonyl (C=O) groups is 1. The van der Waals surface area contributed by atoms with Crippen LogP contribution in [-0.4, -0.2) is 27.6 Å². The summed E-state index contributed by atoms with van der Waals surface area (Å²) in [5, 5.41) is 0. The molecular weight excluding hydrogens is 218 g/mol. The number of imidazole rings is 1. The fourth-order valence-electron chi connectivity index (χ4n) is 1.51. The summed E-state index contributed by atoms with van der Waals surface area (Å²) in [6.45, 7) is 2.64. The molecule has 0 atom stereocenters. The van der Waals surface area contributed by atoms with Crippen LogP contribution in [0.4, 0.5) is 0 Å². The third-order valence-electron chi connectivity index (χ3n) is 2.50. The molecule has 0 aliphatic heterocycles. The molecule has 0 spiro atoms. The van der Waals surface area contributed by atoms with Gasteiger partial charge in [-0.1, -0.05) is 6.07 Å². The quantitative estimate of drug-likeness (QED) is 0.750. The summed E-state index contributed by atoms with van der Waals surface area (Å²) in [6.07, 6.45) is 5.33. The molecule has 0 amide bonds. The second kappa shape index (κ2) is 4.78. The predicted molar refractivity (Wildman–Crippen MR) is 61.6 cm³/mol. The molecule has 0 N–H and O–H groups in total. The summed E-state index contributed by atoms with van der Waals surface area (Å²) in [4.78, 5) is 19.4. The Hall–Kier alpha value is -2.17. The first-order valence-electron chi connectivity index (χ1n) is 5.21. The average Bonchev–Trinajstić information content (AvgIpc) is 2.75. The Kier molecular flexibility index (Phi) is 3.18. The Morgan fingerprint density at radius 2 is 2.24 bits per heavy atom. The van der Waals surface area contributed by atoms with E-state index in [0.717, 1.165) is 11.4 Å². The van der Waals surface area contributed by atoms with Crippen molar-refractivity contribution in [2.24, 2.45) is 0 Å². The van der Waals surface area contributed by atoms with Gasteiger partial charge in [0.25, 0.3) is 0 Å². The fourth-order valence-corrected chi connectivity index (χ4v) is 1.51. The molecule has 0 radical (unpaired) electrons. The smallest absolute Gasteiger partial charge is 0.356 e. The van der Waals surface area contributed by atoms with Gasteiger partial charge in [0.1, 0.15) is 11.5 Å². The summed E-state index contributed by atoms with van der Waals surface area (Å²) >= 11 is 0. The van der Waals surface area contributed by atoms with Gasteiger partial charge >= 0.3 is 5.97 Å². The number of pyridine rings is 1. The number of nitrogens with zero attached hydrogens (tertiary/aromatic N) is 3. The monoisotopic (exact) mass is 231 g/mol. The summed E-state index contributed by atoms with van der Waals surface area (Å²) in [5.41, 5.74) is 1.33. The molecule has 0 saturated heterocycles. The normalized spacial score (nSPS) is 10.2. The fraction of sp³-hybridized carbons (Fsp3) is 0.250. The van der Waals surface area contributed by atoms with Crippen molar-refractivity contribution in [2.45, 2.75) is 13.5 Å². The van der Waals surface area contributed by atoms with Crippen LogP contribution in [0.5, 0.6) is 0 Å². The van der Waals surface area contributed by atoms with E-state index in [1.54, 1.807) is 18.5 Å². The van der Waals surface area contributed by atoms with Gasteiger partial charge in [0, 0.05) is 18.6 Å². The lowest BCUT2D eigenvalue weighted by Crippen LogP contribution is -2.06. The van der Waals surface area contributed by atoms with Crippen LogP contribution in [-0.2, 0) is 11.3 Å². The lowest BCUT2D eigenvalue weighted by molar-refractivity contribution is 0.0594. The van der Waals surface area contributed by atoms with Crippen molar-refractivity contribution in [3.8, 4) is 0 Å². The molecule has 2 aromatic rings. The van der Waals surface area contributed by atoms with Gasteiger partial charge in [-0.05, 0) is 18.6 Å². The summed E-state index contributed by atoms with van der Waals surface area (Å²) in [6, 6.07) is 3.52. The Morgan fingerprint density at radius 1 is 1.41 bits per heavy atom. The maximum absolute atomic E-state index is 11.2. The lowest BCUT2D eigenvalue weighted by atomic mass is 10.2. The molecule has 88 valence electrons. The molecule has 0 bridgehead atoms. The largest absolute Gasteiger partial charge is 0.464 e. The van der Waals surface area contributed by atoms with Gasteiger partial charge < -0.3 is 9.30 Å². The predicted octanol–water partition coefficient (Wildman–Crippen LogP) is 1.42. The summed E-state index contributed by atoms with van der Waals surface area (Å²) in [7, 11) is 1.34. The highest BCUT2D eigenvalue weighted by molar-refractivity contribution is 5.86. The van der Waals surface area contributed by atoms with Crippen LogP contribution in [0.1, 0.15) is 21.9 Å². The maximum atomic E-state index is 11.2. The minimum atomic E-state index is -0.421. The van der Waals surface area contributed by atoms with Crippen LogP contribution in [0.3, 0.4) is 0 Å². The molecule has 5 nitrogen and oxygen atoms in total. The first-order valence-corrected chi connectivity index (χ1v) is 5.21. The molecule has 0 saturated carbocycles. The highest BCUT2D eigenvalue weighted by atomic mass is 16.5. The number of ether oxygens (including phenoxy) is 1. The average molecular weight is 231 g/mol. The van der Waals surface area contributed by atoms with E-state index in [2.05, 4.69) is 14.7 Å². The molecule has 0 fully saturated rings. The Balaban J connectivity index is 2.14. The van der Waals surface area contributed by atoms with Crippen molar-refractivity contribution in [1.82, 2.24) is 14.5 Å². The van der Waals surface area contributed by atoms with E-state index in [4.69, 9.17) is 0 Å². The van der Waals surface area contributed by atoms with Crippen molar-refractivity contribution in [2.75, 3.05) is 7.11 Å². The van der Waals surface area contributed by atoms with E-state index in [-0.39, 0.29) is 0 Å². The van der Waals surface area contributed by atoms with Crippen LogP contribution < -0.4 is 0 Å². The van der Waals surface area contributed by atoms with Crippen LogP contribution in [0.25, 0.3) is 0 Å². The van der Waals surface area contributed by atoms with E-state index in [1.165, 1.54) is 7.11 Å². The van der Waals surface area contributed by atoms with Gasteiger partial charge in [-0.2, -0.15) is 0 Å². The number of esters is 1. The second-order valence-electron chi connectivity index (χ2n) is 3.65. The Labute approximate surface area is 99.1 Å². The summed E-state index contributed by atoms with van der Waals surface area (Å²) in [5.74, 6) is 0.525. The van der Waals surface area contributed by atoms with E-state index in [9.17, 15) is 4.79 Å². The zero-order valence-corrected chi connectivity index (χ0v) is 9.75. The van der Waals surface area contributed by atoms with E-state index >= 15 is 0 Å². The highest BCUT2D eigenvalue weighted by Gasteiger charge is 2.06. The molecule has 2 rings (SSSR count). The van der Waals surface area contributed by atoms with Crippen LogP contribution in [0, 0.1) is 6.92 Å². The number of carbonyl (C=O) groups excluding carboxylic acids is 1. The van der Waals surface area contributed by atoms with Gasteiger partial charge in [0.05, 0.1) is 13.7 Å². The van der Waals surface area contributed by atoms with Crippen molar-refractivity contribution >= 4 is 5.97 Å². The third-order valence-corrected chi connectivity index (χ3v) is 2.50. The third kappa shape index (κ3) is 2.50. The number of hydrogen-bond acceptors (Lipinski definition) is 4. The molecule has 0 aliphatic carbocycles. The number of rotatable bonds is 3. The molecule has 5 heteroatoms. The van der Waals surface area contributed by atoms with Gasteiger partial charge in [-0.25, -0.2) is 14.8 Å². The van der Waals surface area contributed by atoms with Gasteiger partial charge in [-0.15, -0.1) is 0 Å². The minimum Gasteiger partial charge on any atom is -0.464 e. The van der Waals surface area contributed by atoms with Gasteiger partial charge in [-0.3, -0.25) is 0 Å². The molecule has 17 heavy (non-hydrogen) atoms. The number of methoxy groups -OCH3 is 1. The molecule has 2 heterocycles. The van der Waals surface area contributed by atoms with E-state index in [1.807, 2.05) is 23.8 Å². The topological polar surface area (TPSA) is 57.0 Å². The maximum Gasteiger partial charge on any atom is 0.356 e. The molecule has 2 aromatic heterocycles. The number of hydrogen-bond donors (Lipinski definition) is 0. The first kappa shape index (κ1) is 11.3. The number of aryl methyl sites for hydroxylation is 1. The van der Waals surface area contributed by atoms with Crippen molar-refractivity contribution < 1.29 is 9.53 Å². The van der Waals surface area contributed by atoms with Crippen LogP contribution in [0.15, 0.2) is 30.7 Å². The van der Waals surface area contributed by atoms with Crippen LogP contribution >= 0.6 is 0 Å². The molecule has 0 aliphatic rings. The van der Waals surface area contributed by atoms with Gasteiger partial charge in [0.15, 0.2) is 0 Å². The zero-order valence-electron chi connectivity index (χ0n) is 9.75. The number of aromatic nitrogens is 3. The highest BCUT2D eigenvalue weighted by Crippen LogP contribution is 2.05. The zero-order chi connectivity index (χ0) is 12.3.